The zero-order valence-electron chi connectivity index (χ0n) is 11.8. The van der Waals surface area contributed by atoms with Crippen LogP contribution in [0.1, 0.15) is 33.1 Å². The van der Waals surface area contributed by atoms with Gasteiger partial charge in [0.05, 0.1) is 6.61 Å². The predicted octanol–water partition coefficient (Wildman–Crippen LogP) is 1.19. The van der Waals surface area contributed by atoms with E-state index < -0.39 is 24.0 Å². The van der Waals surface area contributed by atoms with Gasteiger partial charge in [-0.25, -0.2) is 9.59 Å². The largest absolute Gasteiger partial charge is 0.478 e. The first-order valence-electron chi connectivity index (χ1n) is 6.35. The van der Waals surface area contributed by atoms with Crippen LogP contribution in [0.2, 0.25) is 0 Å². The van der Waals surface area contributed by atoms with Crippen LogP contribution < -0.4 is 0 Å². The second kappa shape index (κ2) is 8.50. The van der Waals surface area contributed by atoms with Crippen LogP contribution in [0.15, 0.2) is 23.3 Å². The highest BCUT2D eigenvalue weighted by Gasteiger charge is 2.26. The molecule has 4 N–H and O–H groups in total. The summed E-state index contributed by atoms with van der Waals surface area (Å²) in [6, 6.07) is 0. The van der Waals surface area contributed by atoms with Gasteiger partial charge in [-0.3, -0.25) is 0 Å². The molecule has 0 amide bonds. The summed E-state index contributed by atoms with van der Waals surface area (Å²) < 4.78 is 0. The fourth-order valence-corrected chi connectivity index (χ4v) is 1.91. The van der Waals surface area contributed by atoms with Crippen molar-refractivity contribution in [1.82, 2.24) is 0 Å². The molecular formula is C14H22O6. The van der Waals surface area contributed by atoms with E-state index in [1.165, 1.54) is 26.0 Å². The smallest absolute Gasteiger partial charge is 0.330 e. The van der Waals surface area contributed by atoms with E-state index in [4.69, 9.17) is 15.3 Å². The van der Waals surface area contributed by atoms with Gasteiger partial charge in [-0.1, -0.05) is 12.2 Å². The second-order valence-electron chi connectivity index (χ2n) is 4.84. The molecule has 6 heteroatoms. The van der Waals surface area contributed by atoms with Gasteiger partial charge < -0.3 is 20.4 Å². The molecule has 0 unspecified atom stereocenters. The third kappa shape index (κ3) is 5.99. The number of hydrogen-bond donors (Lipinski definition) is 4. The van der Waals surface area contributed by atoms with Crippen LogP contribution in [0.4, 0.5) is 0 Å². The molecule has 0 aromatic carbocycles. The summed E-state index contributed by atoms with van der Waals surface area (Å²) in [5.74, 6) is -2.24. The molecule has 0 aliphatic carbocycles. The Hall–Kier alpha value is -1.66. The Balaban J connectivity index is 5.49. The molecule has 0 aliphatic rings. The quantitative estimate of drug-likeness (QED) is 0.374. The highest BCUT2D eigenvalue weighted by Crippen LogP contribution is 2.31. The Kier molecular flexibility index (Phi) is 7.79. The lowest BCUT2D eigenvalue weighted by molar-refractivity contribution is -0.133. The van der Waals surface area contributed by atoms with Gasteiger partial charge in [0.25, 0.3) is 0 Å². The number of unbranched alkanes of at least 4 members (excludes halogenated alkanes) is 1. The van der Waals surface area contributed by atoms with Gasteiger partial charge in [0.2, 0.25) is 0 Å². The Morgan fingerprint density at radius 3 is 1.70 bits per heavy atom. The van der Waals surface area contributed by atoms with E-state index in [2.05, 4.69) is 0 Å². The maximum absolute atomic E-state index is 10.9. The molecule has 0 atom stereocenters. The second-order valence-corrected chi connectivity index (χ2v) is 4.84. The zero-order chi connectivity index (χ0) is 15.8. The monoisotopic (exact) mass is 286 g/mol. The first-order valence-corrected chi connectivity index (χ1v) is 6.35. The van der Waals surface area contributed by atoms with Crippen LogP contribution >= 0.6 is 0 Å². The number of carboxylic acid groups (broad SMARTS) is 2. The molecule has 0 rings (SSSR count). The normalized spacial score (nSPS) is 15.8. The fraction of sp³-hybridized carbons (Fsp3) is 0.571. The molecule has 0 bridgehead atoms. The minimum atomic E-state index is -1.12. The molecule has 0 saturated heterocycles. The molecule has 0 radical (unpaired) electrons. The van der Waals surface area contributed by atoms with Crippen molar-refractivity contribution in [2.75, 3.05) is 13.2 Å². The van der Waals surface area contributed by atoms with Crippen molar-refractivity contribution in [3.63, 3.8) is 0 Å². The van der Waals surface area contributed by atoms with Crippen molar-refractivity contribution < 1.29 is 30.0 Å². The van der Waals surface area contributed by atoms with Crippen molar-refractivity contribution in [3.05, 3.63) is 23.3 Å². The summed E-state index contributed by atoms with van der Waals surface area (Å²) in [6.45, 7) is 2.38. The SMILES string of the molecule is CC(=CC(C=C(C)C(=O)O)(CO)CCCCO)C(=O)O. The Labute approximate surface area is 118 Å². The lowest BCUT2D eigenvalue weighted by Crippen LogP contribution is -2.23. The number of aliphatic hydroxyl groups excluding tert-OH is 2. The van der Waals surface area contributed by atoms with Gasteiger partial charge >= 0.3 is 11.9 Å². The summed E-state index contributed by atoms with van der Waals surface area (Å²) in [7, 11) is 0. The maximum Gasteiger partial charge on any atom is 0.330 e. The maximum atomic E-state index is 10.9. The molecule has 20 heavy (non-hydrogen) atoms. The van der Waals surface area contributed by atoms with E-state index in [-0.39, 0.29) is 17.8 Å². The molecule has 0 saturated carbocycles. The summed E-state index contributed by atoms with van der Waals surface area (Å²) in [5.41, 5.74) is -0.963. The number of aliphatic hydroxyl groups is 2. The predicted molar refractivity (Wildman–Crippen MR) is 73.2 cm³/mol. The van der Waals surface area contributed by atoms with Gasteiger partial charge in [-0.15, -0.1) is 0 Å². The van der Waals surface area contributed by atoms with Gasteiger partial charge in [-0.05, 0) is 33.1 Å². The lowest BCUT2D eigenvalue weighted by Gasteiger charge is -2.26. The summed E-state index contributed by atoms with van der Waals surface area (Å²) >= 11 is 0. The summed E-state index contributed by atoms with van der Waals surface area (Å²) in [6.07, 6.45) is 4.16. The van der Waals surface area contributed by atoms with E-state index in [9.17, 15) is 14.7 Å². The van der Waals surface area contributed by atoms with Crippen LogP contribution in [-0.2, 0) is 9.59 Å². The van der Waals surface area contributed by atoms with Crippen molar-refractivity contribution in [2.45, 2.75) is 33.1 Å². The Morgan fingerprint density at radius 1 is 0.950 bits per heavy atom. The van der Waals surface area contributed by atoms with E-state index in [1.54, 1.807) is 0 Å². The van der Waals surface area contributed by atoms with Gasteiger partial charge in [0.15, 0.2) is 0 Å². The van der Waals surface area contributed by atoms with E-state index in [0.717, 1.165) is 0 Å². The highest BCUT2D eigenvalue weighted by atomic mass is 16.4. The first kappa shape index (κ1) is 18.3. The molecule has 0 heterocycles. The molecular weight excluding hydrogens is 264 g/mol. The zero-order valence-corrected chi connectivity index (χ0v) is 11.8. The molecule has 0 aliphatic heterocycles. The van der Waals surface area contributed by atoms with Crippen molar-refractivity contribution in [1.29, 1.82) is 0 Å². The van der Waals surface area contributed by atoms with Crippen LogP contribution in [-0.4, -0.2) is 45.6 Å². The fourth-order valence-electron chi connectivity index (χ4n) is 1.91. The average molecular weight is 286 g/mol. The summed E-state index contributed by atoms with van der Waals surface area (Å²) in [5, 5.41) is 36.3. The molecule has 6 nitrogen and oxygen atoms in total. The number of rotatable bonds is 9. The van der Waals surface area contributed by atoms with Gasteiger partial charge in [0, 0.05) is 23.2 Å². The van der Waals surface area contributed by atoms with Gasteiger partial charge in [0.1, 0.15) is 0 Å². The van der Waals surface area contributed by atoms with Crippen LogP contribution in [0, 0.1) is 5.41 Å². The summed E-state index contributed by atoms with van der Waals surface area (Å²) in [4.78, 5) is 21.8. The minimum absolute atomic E-state index is 0.00916. The topological polar surface area (TPSA) is 115 Å². The van der Waals surface area contributed by atoms with Crippen LogP contribution in [0.5, 0.6) is 0 Å². The Bertz CT molecular complexity index is 378. The highest BCUT2D eigenvalue weighted by molar-refractivity contribution is 5.87. The Morgan fingerprint density at radius 2 is 1.40 bits per heavy atom. The van der Waals surface area contributed by atoms with Crippen molar-refractivity contribution in [3.8, 4) is 0 Å². The first-order chi connectivity index (χ1) is 9.28. The standard InChI is InChI=1S/C14H22O6/c1-10(12(17)18)7-14(9-16,5-3-4-6-15)8-11(2)13(19)20/h7-8,15-16H,3-6,9H2,1-2H3,(H,17,18)(H,19,20). The number of hydrogen-bond acceptors (Lipinski definition) is 4. The molecule has 114 valence electrons. The number of carboxylic acids is 2. The lowest BCUT2D eigenvalue weighted by atomic mass is 9.80. The van der Waals surface area contributed by atoms with E-state index in [1.807, 2.05) is 0 Å². The third-order valence-electron chi connectivity index (χ3n) is 3.03. The van der Waals surface area contributed by atoms with Crippen LogP contribution in [0.25, 0.3) is 0 Å². The van der Waals surface area contributed by atoms with E-state index >= 15 is 0 Å². The molecule has 0 aromatic rings. The van der Waals surface area contributed by atoms with E-state index in [0.29, 0.717) is 19.3 Å². The number of aliphatic carboxylic acids is 2. The van der Waals surface area contributed by atoms with Crippen molar-refractivity contribution >= 4 is 11.9 Å². The number of carbonyl (C=O) groups is 2. The average Bonchev–Trinajstić information content (AvgIpc) is 2.38. The minimum Gasteiger partial charge on any atom is -0.478 e. The van der Waals surface area contributed by atoms with Gasteiger partial charge in [-0.2, -0.15) is 0 Å². The third-order valence-corrected chi connectivity index (χ3v) is 3.03. The van der Waals surface area contributed by atoms with Crippen molar-refractivity contribution in [2.24, 2.45) is 5.41 Å². The van der Waals surface area contributed by atoms with Crippen LogP contribution in [0.3, 0.4) is 0 Å². The molecule has 0 spiro atoms. The molecule has 0 fully saturated rings. The molecule has 0 aromatic heterocycles.